The van der Waals surface area contributed by atoms with Crippen molar-refractivity contribution >= 4 is 35.5 Å². The van der Waals surface area contributed by atoms with Gasteiger partial charge in [0, 0.05) is 35.1 Å². The topological polar surface area (TPSA) is 181 Å². The summed E-state index contributed by atoms with van der Waals surface area (Å²) in [4.78, 5) is 70.6. The van der Waals surface area contributed by atoms with Gasteiger partial charge in [0.2, 0.25) is 5.91 Å². The van der Waals surface area contributed by atoms with Crippen LogP contribution in [-0.4, -0.2) is 81.6 Å². The van der Waals surface area contributed by atoms with Crippen molar-refractivity contribution in [3.63, 3.8) is 0 Å². The molecule has 3 aromatic carbocycles. The molecule has 14 heteroatoms. The van der Waals surface area contributed by atoms with Gasteiger partial charge < -0.3 is 39.7 Å². The Bertz CT molecular complexity index is 2550. The third-order valence-corrected chi connectivity index (χ3v) is 13.4. The summed E-state index contributed by atoms with van der Waals surface area (Å²) in [7, 11) is 2.61. The van der Waals surface area contributed by atoms with Gasteiger partial charge in [-0.15, -0.1) is 0 Å². The SMILES string of the molecule is COC(=O)N[C@H](C(=O)C1CCCCC[C@H]1c1ncc(-c2ccc(C3=Cc4ccc(-c5cnc([C@@H]6CCCN6C(=O)[C@@H](NC(=O)OC)C(C)C)[nH]5)cc4OC3c3ccccc3)cc2)[nH]1)C(C)C. The third kappa shape index (κ3) is 9.78. The number of carbonyl (C=O) groups excluding carboxylic acids is 4. The maximum atomic E-state index is 14.1. The van der Waals surface area contributed by atoms with Crippen LogP contribution >= 0.6 is 0 Å². The lowest BCUT2D eigenvalue weighted by Crippen LogP contribution is -2.51. The van der Waals surface area contributed by atoms with Crippen molar-refractivity contribution in [3.05, 3.63) is 114 Å². The number of carbonyl (C=O) groups is 4. The van der Waals surface area contributed by atoms with E-state index in [-0.39, 0.29) is 47.5 Å². The number of likely N-dealkylation sites (tertiary alicyclic amines) is 1. The number of hydrogen-bond acceptors (Lipinski definition) is 9. The Kier molecular flexibility index (Phi) is 14.0. The summed E-state index contributed by atoms with van der Waals surface area (Å²) in [5.74, 6) is 1.54. The first-order chi connectivity index (χ1) is 31.9. The molecule has 4 N–H and O–H groups in total. The van der Waals surface area contributed by atoms with Gasteiger partial charge in [-0.1, -0.05) is 114 Å². The summed E-state index contributed by atoms with van der Waals surface area (Å²) in [5, 5.41) is 5.51. The van der Waals surface area contributed by atoms with Crippen LogP contribution in [0.3, 0.4) is 0 Å². The van der Waals surface area contributed by atoms with E-state index >= 15 is 0 Å². The van der Waals surface area contributed by atoms with E-state index in [0.29, 0.717) is 12.4 Å². The largest absolute Gasteiger partial charge is 0.480 e. The fourth-order valence-corrected chi connectivity index (χ4v) is 9.78. The molecule has 14 nitrogen and oxygen atoms in total. The Morgan fingerprint density at radius 1 is 0.712 bits per heavy atom. The van der Waals surface area contributed by atoms with E-state index in [1.165, 1.54) is 14.2 Å². The van der Waals surface area contributed by atoms with Crippen molar-refractivity contribution in [2.45, 2.75) is 103 Å². The van der Waals surface area contributed by atoms with Gasteiger partial charge in [-0.3, -0.25) is 9.59 Å². The van der Waals surface area contributed by atoms with Crippen molar-refractivity contribution in [3.8, 4) is 28.3 Å². The zero-order chi connectivity index (χ0) is 46.5. The number of H-pyrrole nitrogens is 2. The first-order valence-corrected chi connectivity index (χ1v) is 23.2. The molecule has 1 saturated heterocycles. The van der Waals surface area contributed by atoms with Crippen molar-refractivity contribution in [1.29, 1.82) is 0 Å². The molecule has 2 aromatic heterocycles. The molecule has 2 aliphatic heterocycles. The van der Waals surface area contributed by atoms with Crippen LogP contribution in [0.1, 0.15) is 119 Å². The first-order valence-electron chi connectivity index (χ1n) is 23.2. The molecule has 5 aromatic rings. The van der Waals surface area contributed by atoms with Gasteiger partial charge in [-0.25, -0.2) is 19.6 Å². The fourth-order valence-electron chi connectivity index (χ4n) is 9.78. The van der Waals surface area contributed by atoms with Crippen molar-refractivity contribution in [1.82, 2.24) is 35.5 Å². The summed E-state index contributed by atoms with van der Waals surface area (Å²) in [5.41, 5.74) is 7.57. The summed E-state index contributed by atoms with van der Waals surface area (Å²) >= 11 is 0. The molecule has 66 heavy (non-hydrogen) atoms. The Labute approximate surface area is 386 Å². The molecule has 6 atom stereocenters. The molecule has 1 aliphatic carbocycles. The number of ether oxygens (including phenoxy) is 3. The molecular weight excluding hydrogens is 835 g/mol. The van der Waals surface area contributed by atoms with Crippen LogP contribution in [-0.2, 0) is 19.1 Å². The number of ketones is 1. The van der Waals surface area contributed by atoms with E-state index in [1.54, 1.807) is 6.20 Å². The number of aromatic amines is 2. The number of hydrogen-bond donors (Lipinski definition) is 4. The van der Waals surface area contributed by atoms with Gasteiger partial charge in [-0.2, -0.15) is 0 Å². The van der Waals surface area contributed by atoms with Crippen LogP contribution < -0.4 is 15.4 Å². The number of aromatic nitrogens is 4. The molecule has 0 spiro atoms. The number of alkyl carbamates (subject to hydrolysis) is 2. The maximum Gasteiger partial charge on any atom is 0.407 e. The number of imidazole rings is 2. The molecule has 1 saturated carbocycles. The highest BCUT2D eigenvalue weighted by molar-refractivity contribution is 5.91. The van der Waals surface area contributed by atoms with Crippen LogP contribution in [0.5, 0.6) is 5.75 Å². The Morgan fingerprint density at radius 3 is 2.03 bits per heavy atom. The molecule has 3 amide bonds. The highest BCUT2D eigenvalue weighted by Crippen LogP contribution is 2.44. The summed E-state index contributed by atoms with van der Waals surface area (Å²) in [6, 6.07) is 23.1. The number of rotatable bonds is 13. The van der Waals surface area contributed by atoms with Crippen LogP contribution in [0.15, 0.2) is 85.2 Å². The molecule has 3 aliphatic rings. The minimum atomic E-state index is -0.712. The van der Waals surface area contributed by atoms with E-state index in [4.69, 9.17) is 24.2 Å². The van der Waals surface area contributed by atoms with Gasteiger partial charge in [-0.05, 0) is 66.4 Å². The molecule has 0 radical (unpaired) electrons. The van der Waals surface area contributed by atoms with Gasteiger partial charge >= 0.3 is 12.2 Å². The van der Waals surface area contributed by atoms with Crippen molar-refractivity contribution in [2.75, 3.05) is 20.8 Å². The summed E-state index contributed by atoms with van der Waals surface area (Å²) in [6.07, 6.45) is 10.4. The minimum Gasteiger partial charge on any atom is -0.480 e. The Balaban J connectivity index is 1.03. The Hall–Kier alpha value is -6.70. The van der Waals surface area contributed by atoms with E-state index in [2.05, 4.69) is 69.1 Å². The van der Waals surface area contributed by atoms with Crippen LogP contribution in [0, 0.1) is 17.8 Å². The highest BCUT2D eigenvalue weighted by Gasteiger charge is 2.39. The van der Waals surface area contributed by atoms with Crippen LogP contribution in [0.2, 0.25) is 0 Å². The van der Waals surface area contributed by atoms with Crippen molar-refractivity contribution in [2.24, 2.45) is 17.8 Å². The normalized spacial score (nSPS) is 20.4. The van der Waals surface area contributed by atoms with Gasteiger partial charge in [0.25, 0.3) is 0 Å². The van der Waals surface area contributed by atoms with Gasteiger partial charge in [0.05, 0.1) is 50.1 Å². The molecule has 2 fully saturated rings. The Morgan fingerprint density at radius 2 is 1.33 bits per heavy atom. The predicted molar refractivity (Wildman–Crippen MR) is 252 cm³/mol. The first kappa shape index (κ1) is 45.9. The number of nitrogens with one attached hydrogen (secondary N) is 4. The van der Waals surface area contributed by atoms with E-state index in [9.17, 15) is 19.2 Å². The molecule has 0 bridgehead atoms. The lowest BCUT2D eigenvalue weighted by molar-refractivity contribution is -0.135. The maximum absolute atomic E-state index is 14.1. The zero-order valence-electron chi connectivity index (χ0n) is 38.6. The van der Waals surface area contributed by atoms with E-state index in [0.717, 1.165) is 101 Å². The second kappa shape index (κ2) is 20.2. The average molecular weight is 896 g/mol. The lowest BCUT2D eigenvalue weighted by atomic mass is 9.79. The minimum absolute atomic E-state index is 0.0302. The quantitative estimate of drug-likeness (QED) is 0.0837. The number of methoxy groups -OCH3 is 2. The van der Waals surface area contributed by atoms with Crippen LogP contribution in [0.25, 0.3) is 34.2 Å². The molecule has 2 unspecified atom stereocenters. The zero-order valence-corrected chi connectivity index (χ0v) is 38.6. The number of benzene rings is 3. The molecule has 346 valence electrons. The fraction of sp³-hybridized carbons (Fsp3) is 0.423. The second-order valence-corrected chi connectivity index (χ2v) is 18.4. The molecular formula is C52H61N7O7. The van der Waals surface area contributed by atoms with Gasteiger partial charge in [0.15, 0.2) is 5.78 Å². The van der Waals surface area contributed by atoms with E-state index < -0.39 is 24.3 Å². The summed E-state index contributed by atoms with van der Waals surface area (Å²) in [6.45, 7) is 8.27. The van der Waals surface area contributed by atoms with Crippen LogP contribution in [0.4, 0.5) is 9.59 Å². The van der Waals surface area contributed by atoms with Crippen molar-refractivity contribution < 1.29 is 33.4 Å². The lowest BCUT2D eigenvalue weighted by Gasteiger charge is -2.30. The monoisotopic (exact) mass is 895 g/mol. The smallest absolute Gasteiger partial charge is 0.407 e. The highest BCUT2D eigenvalue weighted by atomic mass is 16.5. The predicted octanol–water partition coefficient (Wildman–Crippen LogP) is 9.80. The molecule has 4 heterocycles. The van der Waals surface area contributed by atoms with Gasteiger partial charge in [0.1, 0.15) is 29.5 Å². The van der Waals surface area contributed by atoms with E-state index in [1.807, 2.05) is 69.1 Å². The molecule has 8 rings (SSSR count). The number of Topliss-reactive ketones (excluding diaryl/α,β-unsaturated/α-hetero) is 1. The third-order valence-electron chi connectivity index (χ3n) is 13.4. The number of nitrogens with zero attached hydrogens (tertiary/aromatic N) is 3. The standard InChI is InChI=1S/C52H61N7O7/c1-30(2)44(57-51(62)64-5)46(60)37-16-11-8-12-17-38(37)48-53-28-40(55-48)33-21-19-32(20-22-33)39-26-36-24-23-35(27-43(36)66-47(39)34-14-9-7-10-15-34)41-29-54-49(56-41)42-18-13-25-59(42)50(61)45(31(3)4)58-52(63)65-6/h7,9-10,14-15,19-24,26-31,37-38,42,44-45,47H,8,11-13,16-18,25H2,1-6H3,(H,53,55)(H,54,56)(H,57,62)(H,58,63)/t37?,38-,42+,44+,45+,47?/m1/s1. The second-order valence-electron chi connectivity index (χ2n) is 18.4. The summed E-state index contributed by atoms with van der Waals surface area (Å²) < 4.78 is 16.6. The average Bonchev–Trinajstić information content (AvgIpc) is 4.11. The number of fused-ring (bicyclic) bond motifs is 1. The number of amides is 3.